The van der Waals surface area contributed by atoms with Crippen LogP contribution in [0.3, 0.4) is 0 Å². The van der Waals surface area contributed by atoms with Crippen LogP contribution in [0.2, 0.25) is 0 Å². The summed E-state index contributed by atoms with van der Waals surface area (Å²) in [6.45, 7) is 1.63. The van der Waals surface area contributed by atoms with Gasteiger partial charge >= 0.3 is 0 Å². The Bertz CT molecular complexity index is 945. The van der Waals surface area contributed by atoms with E-state index < -0.39 is 6.04 Å². The lowest BCUT2D eigenvalue weighted by atomic mass is 10.2. The molecule has 0 aliphatic rings. The summed E-state index contributed by atoms with van der Waals surface area (Å²) in [5.41, 5.74) is 1.33. The highest BCUT2D eigenvalue weighted by atomic mass is 16.2. The maximum absolute atomic E-state index is 12.5. The van der Waals surface area contributed by atoms with E-state index in [2.05, 4.69) is 15.5 Å². The van der Waals surface area contributed by atoms with Gasteiger partial charge in [0.2, 0.25) is 5.91 Å². The number of hydrogen-bond donors (Lipinski definition) is 1. The summed E-state index contributed by atoms with van der Waals surface area (Å²) in [7, 11) is 3.89. The Morgan fingerprint density at radius 1 is 1.15 bits per heavy atom. The average Bonchev–Trinajstić information content (AvgIpc) is 3.16. The topological polar surface area (TPSA) is 85.1 Å². The van der Waals surface area contributed by atoms with E-state index in [1.807, 2.05) is 43.3 Å². The number of amides is 1. The monoisotopic (exact) mass is 352 g/mol. The maximum Gasteiger partial charge on any atom is 0.267 e. The van der Waals surface area contributed by atoms with Gasteiger partial charge in [-0.3, -0.25) is 9.59 Å². The highest BCUT2D eigenvalue weighted by Gasteiger charge is 2.18. The van der Waals surface area contributed by atoms with Crippen molar-refractivity contribution in [3.8, 4) is 5.82 Å². The second-order valence-electron chi connectivity index (χ2n) is 6.03. The van der Waals surface area contributed by atoms with Crippen molar-refractivity contribution in [2.45, 2.75) is 13.0 Å². The SMILES string of the molecule is CC(C(=O)Nc1ccc(N(C)C)cc1)n1nc(-n2cccn2)ccc1=O. The van der Waals surface area contributed by atoms with Crippen LogP contribution in [0.4, 0.5) is 11.4 Å². The van der Waals surface area contributed by atoms with E-state index in [1.54, 1.807) is 31.5 Å². The highest BCUT2D eigenvalue weighted by Crippen LogP contribution is 2.17. The summed E-state index contributed by atoms with van der Waals surface area (Å²) >= 11 is 0. The molecule has 3 rings (SSSR count). The standard InChI is InChI=1S/C18H20N6O2/c1-13(18(26)20-14-5-7-15(8-6-14)22(2)3)24-17(25)10-9-16(21-24)23-12-4-11-19-23/h4-13H,1-3H3,(H,20,26). The van der Waals surface area contributed by atoms with Gasteiger partial charge in [-0.15, -0.1) is 5.10 Å². The molecule has 1 amide bonds. The Labute approximate surface area is 150 Å². The van der Waals surface area contributed by atoms with Gasteiger partial charge in [-0.05, 0) is 43.3 Å². The molecule has 0 aliphatic heterocycles. The van der Waals surface area contributed by atoms with Crippen LogP contribution in [0.5, 0.6) is 0 Å². The maximum atomic E-state index is 12.5. The summed E-state index contributed by atoms with van der Waals surface area (Å²) in [6.07, 6.45) is 3.33. The molecule has 0 saturated heterocycles. The Morgan fingerprint density at radius 3 is 2.50 bits per heavy atom. The molecule has 8 nitrogen and oxygen atoms in total. The highest BCUT2D eigenvalue weighted by molar-refractivity contribution is 5.93. The summed E-state index contributed by atoms with van der Waals surface area (Å²) < 4.78 is 2.68. The van der Waals surface area contributed by atoms with Crippen LogP contribution in [0, 0.1) is 0 Å². The molecule has 1 aromatic carbocycles. The Balaban J connectivity index is 1.80. The van der Waals surface area contributed by atoms with Crippen LogP contribution >= 0.6 is 0 Å². The number of nitrogens with zero attached hydrogens (tertiary/aromatic N) is 5. The van der Waals surface area contributed by atoms with E-state index >= 15 is 0 Å². The molecule has 0 aliphatic carbocycles. The first-order valence-electron chi connectivity index (χ1n) is 8.14. The number of carbonyl (C=O) groups excluding carboxylic acids is 1. The van der Waals surface area contributed by atoms with Crippen LogP contribution in [0.15, 0.2) is 59.7 Å². The Hall–Kier alpha value is -3.42. The minimum Gasteiger partial charge on any atom is -0.378 e. The van der Waals surface area contributed by atoms with E-state index in [9.17, 15) is 9.59 Å². The van der Waals surface area contributed by atoms with Gasteiger partial charge in [0.05, 0.1) is 0 Å². The van der Waals surface area contributed by atoms with Gasteiger partial charge in [0.25, 0.3) is 5.56 Å². The van der Waals surface area contributed by atoms with Crippen LogP contribution in [-0.4, -0.2) is 39.6 Å². The van der Waals surface area contributed by atoms with Crippen molar-refractivity contribution in [1.82, 2.24) is 19.6 Å². The van der Waals surface area contributed by atoms with Crippen molar-refractivity contribution in [3.05, 3.63) is 65.2 Å². The van der Waals surface area contributed by atoms with E-state index in [0.29, 0.717) is 11.5 Å². The van der Waals surface area contributed by atoms with E-state index in [4.69, 9.17) is 0 Å². The fraction of sp³-hybridized carbons (Fsp3) is 0.222. The Kier molecular flexibility index (Phi) is 4.83. The van der Waals surface area contributed by atoms with Crippen molar-refractivity contribution < 1.29 is 4.79 Å². The molecular weight excluding hydrogens is 332 g/mol. The van der Waals surface area contributed by atoms with Gasteiger partial charge in [0, 0.05) is 43.9 Å². The van der Waals surface area contributed by atoms with Crippen molar-refractivity contribution in [3.63, 3.8) is 0 Å². The molecule has 0 bridgehead atoms. The van der Waals surface area contributed by atoms with Gasteiger partial charge in [-0.2, -0.15) is 5.10 Å². The molecule has 8 heteroatoms. The molecule has 3 aromatic rings. The summed E-state index contributed by atoms with van der Waals surface area (Å²) in [5, 5.41) is 11.1. The van der Waals surface area contributed by atoms with E-state index in [0.717, 1.165) is 10.4 Å². The molecule has 0 spiro atoms. The lowest BCUT2D eigenvalue weighted by molar-refractivity contribution is -0.119. The van der Waals surface area contributed by atoms with Crippen LogP contribution in [-0.2, 0) is 4.79 Å². The summed E-state index contributed by atoms with van der Waals surface area (Å²) in [4.78, 5) is 26.7. The third-order valence-corrected chi connectivity index (χ3v) is 3.95. The Morgan fingerprint density at radius 2 is 1.88 bits per heavy atom. The number of carbonyl (C=O) groups is 1. The number of hydrogen-bond acceptors (Lipinski definition) is 5. The van der Waals surface area contributed by atoms with Crippen molar-refractivity contribution >= 4 is 17.3 Å². The minimum absolute atomic E-state index is 0.324. The molecule has 134 valence electrons. The second-order valence-corrected chi connectivity index (χ2v) is 6.03. The first-order valence-corrected chi connectivity index (χ1v) is 8.14. The molecule has 1 atom stereocenters. The fourth-order valence-electron chi connectivity index (χ4n) is 2.42. The molecule has 0 radical (unpaired) electrons. The molecule has 0 saturated carbocycles. The number of nitrogens with one attached hydrogen (secondary N) is 1. The molecule has 1 unspecified atom stereocenters. The van der Waals surface area contributed by atoms with Crippen molar-refractivity contribution in [1.29, 1.82) is 0 Å². The minimum atomic E-state index is -0.772. The zero-order valence-corrected chi connectivity index (χ0v) is 14.8. The molecule has 1 N–H and O–H groups in total. The first-order chi connectivity index (χ1) is 12.5. The average molecular weight is 352 g/mol. The van der Waals surface area contributed by atoms with E-state index in [-0.39, 0.29) is 11.5 Å². The van der Waals surface area contributed by atoms with Gasteiger partial charge in [-0.25, -0.2) is 9.36 Å². The molecule has 2 aromatic heterocycles. The third kappa shape index (κ3) is 3.64. The molecule has 0 fully saturated rings. The van der Waals surface area contributed by atoms with Crippen LogP contribution in [0.1, 0.15) is 13.0 Å². The van der Waals surface area contributed by atoms with Crippen molar-refractivity contribution in [2.24, 2.45) is 0 Å². The number of benzene rings is 1. The number of aromatic nitrogens is 4. The third-order valence-electron chi connectivity index (χ3n) is 3.95. The molecule has 2 heterocycles. The zero-order valence-electron chi connectivity index (χ0n) is 14.8. The first kappa shape index (κ1) is 17.4. The molecule has 26 heavy (non-hydrogen) atoms. The molecular formula is C18H20N6O2. The smallest absolute Gasteiger partial charge is 0.267 e. The van der Waals surface area contributed by atoms with E-state index in [1.165, 1.54) is 10.7 Å². The second kappa shape index (κ2) is 7.22. The largest absolute Gasteiger partial charge is 0.378 e. The predicted octanol–water partition coefficient (Wildman–Crippen LogP) is 1.69. The van der Waals surface area contributed by atoms with Gasteiger partial charge in [0.1, 0.15) is 6.04 Å². The van der Waals surface area contributed by atoms with Gasteiger partial charge in [0.15, 0.2) is 5.82 Å². The lowest BCUT2D eigenvalue weighted by Gasteiger charge is -2.16. The lowest BCUT2D eigenvalue weighted by Crippen LogP contribution is -2.33. The predicted molar refractivity (Wildman–Crippen MR) is 99.7 cm³/mol. The van der Waals surface area contributed by atoms with Gasteiger partial charge in [-0.1, -0.05) is 0 Å². The van der Waals surface area contributed by atoms with Crippen molar-refractivity contribution in [2.75, 3.05) is 24.3 Å². The fourth-order valence-corrected chi connectivity index (χ4v) is 2.42. The number of anilines is 2. The summed E-state index contributed by atoms with van der Waals surface area (Å²) in [5.74, 6) is 0.138. The van der Waals surface area contributed by atoms with Gasteiger partial charge < -0.3 is 10.2 Å². The normalized spacial score (nSPS) is 11.8. The quantitative estimate of drug-likeness (QED) is 0.755. The number of rotatable bonds is 5. The zero-order chi connectivity index (χ0) is 18.7. The van der Waals surface area contributed by atoms with Crippen LogP contribution < -0.4 is 15.8 Å². The summed E-state index contributed by atoms with van der Waals surface area (Å²) in [6, 6.07) is 11.4. The van der Waals surface area contributed by atoms with Crippen LogP contribution in [0.25, 0.3) is 5.82 Å².